The Morgan fingerprint density at radius 2 is 2.33 bits per heavy atom. The Balaban J connectivity index is 2.29. The highest BCUT2D eigenvalue weighted by Crippen LogP contribution is 2.18. The molecule has 0 spiro atoms. The highest BCUT2D eigenvalue weighted by atomic mass is 16.5. The molecule has 70 valence electrons. The van der Waals surface area contributed by atoms with E-state index in [0.717, 1.165) is 31.6 Å². The first kappa shape index (κ1) is 9.68. The molecule has 0 bridgehead atoms. The minimum atomic E-state index is 0.209. The van der Waals surface area contributed by atoms with E-state index in [9.17, 15) is 0 Å². The Bertz CT molecular complexity index is 159. The third-order valence-corrected chi connectivity index (χ3v) is 2.08. The van der Waals surface area contributed by atoms with Crippen LogP contribution in [0.3, 0.4) is 0 Å². The van der Waals surface area contributed by atoms with Gasteiger partial charge in [-0.25, -0.2) is 0 Å². The van der Waals surface area contributed by atoms with Crippen LogP contribution in [0.15, 0.2) is 0 Å². The highest BCUT2D eigenvalue weighted by molar-refractivity contribution is 5.82. The standard InChI is InChI=1S/C9H17NO2/c1-7-5-8(10)6-9(12-7)3-4-11-2/h7,9-10H,3-6H2,1-2H3. The normalized spacial score (nSPS) is 30.7. The summed E-state index contributed by atoms with van der Waals surface area (Å²) >= 11 is 0. The fourth-order valence-electron chi connectivity index (χ4n) is 1.55. The molecule has 1 saturated heterocycles. The molecule has 3 heteroatoms. The third kappa shape index (κ3) is 2.91. The van der Waals surface area contributed by atoms with Crippen molar-refractivity contribution in [2.45, 2.75) is 38.4 Å². The first-order chi connectivity index (χ1) is 5.72. The number of rotatable bonds is 3. The second-order valence-corrected chi connectivity index (χ2v) is 3.36. The predicted octanol–water partition coefficient (Wildman–Crippen LogP) is 1.61. The van der Waals surface area contributed by atoms with Crippen molar-refractivity contribution in [2.75, 3.05) is 13.7 Å². The lowest BCUT2D eigenvalue weighted by Crippen LogP contribution is -2.31. The number of hydrogen-bond donors (Lipinski definition) is 1. The van der Waals surface area contributed by atoms with Crippen LogP contribution in [0.2, 0.25) is 0 Å². The highest BCUT2D eigenvalue weighted by Gasteiger charge is 2.22. The number of hydrogen-bond acceptors (Lipinski definition) is 3. The summed E-state index contributed by atoms with van der Waals surface area (Å²) in [5.41, 5.74) is 0.815. The maximum atomic E-state index is 7.56. The average molecular weight is 171 g/mol. The van der Waals surface area contributed by atoms with Gasteiger partial charge in [0.05, 0.1) is 12.2 Å². The third-order valence-electron chi connectivity index (χ3n) is 2.08. The molecule has 1 fully saturated rings. The van der Waals surface area contributed by atoms with Gasteiger partial charge in [-0.1, -0.05) is 0 Å². The van der Waals surface area contributed by atoms with Crippen molar-refractivity contribution in [3.63, 3.8) is 0 Å². The molecule has 1 rings (SSSR count). The van der Waals surface area contributed by atoms with Crippen molar-refractivity contribution in [3.05, 3.63) is 0 Å². The Morgan fingerprint density at radius 1 is 1.58 bits per heavy atom. The molecule has 0 radical (unpaired) electrons. The SMILES string of the molecule is COCCC1CC(=N)CC(C)O1. The van der Waals surface area contributed by atoms with Gasteiger partial charge in [0.25, 0.3) is 0 Å². The lowest BCUT2D eigenvalue weighted by molar-refractivity contribution is -0.0218. The molecule has 1 aliphatic heterocycles. The fraction of sp³-hybridized carbons (Fsp3) is 0.889. The molecule has 0 aliphatic carbocycles. The fourth-order valence-corrected chi connectivity index (χ4v) is 1.55. The molecule has 2 atom stereocenters. The lowest BCUT2D eigenvalue weighted by Gasteiger charge is -2.28. The van der Waals surface area contributed by atoms with Crippen molar-refractivity contribution >= 4 is 5.71 Å². The summed E-state index contributed by atoms with van der Waals surface area (Å²) in [4.78, 5) is 0. The largest absolute Gasteiger partial charge is 0.385 e. The van der Waals surface area contributed by atoms with Crippen LogP contribution in [0.25, 0.3) is 0 Å². The summed E-state index contributed by atoms with van der Waals surface area (Å²) in [5.74, 6) is 0. The molecule has 1 aliphatic rings. The van der Waals surface area contributed by atoms with Gasteiger partial charge in [0.2, 0.25) is 0 Å². The van der Waals surface area contributed by atoms with E-state index in [0.29, 0.717) is 0 Å². The minimum absolute atomic E-state index is 0.209. The van der Waals surface area contributed by atoms with Crippen molar-refractivity contribution in [2.24, 2.45) is 0 Å². The van der Waals surface area contributed by atoms with Crippen LogP contribution in [0.4, 0.5) is 0 Å². The van der Waals surface area contributed by atoms with Gasteiger partial charge >= 0.3 is 0 Å². The molecule has 12 heavy (non-hydrogen) atoms. The molecule has 1 heterocycles. The molecular weight excluding hydrogens is 154 g/mol. The molecule has 1 N–H and O–H groups in total. The van der Waals surface area contributed by atoms with Gasteiger partial charge in [-0.2, -0.15) is 0 Å². The van der Waals surface area contributed by atoms with E-state index in [2.05, 4.69) is 0 Å². The number of ether oxygens (including phenoxy) is 2. The second-order valence-electron chi connectivity index (χ2n) is 3.36. The summed E-state index contributed by atoms with van der Waals surface area (Å²) in [5, 5.41) is 7.56. The van der Waals surface area contributed by atoms with Gasteiger partial charge in [0, 0.05) is 32.3 Å². The van der Waals surface area contributed by atoms with E-state index in [1.807, 2.05) is 6.92 Å². The van der Waals surface area contributed by atoms with Gasteiger partial charge in [-0.3, -0.25) is 0 Å². The minimum Gasteiger partial charge on any atom is -0.385 e. The predicted molar refractivity (Wildman–Crippen MR) is 47.8 cm³/mol. The molecule has 0 saturated carbocycles. The molecule has 3 nitrogen and oxygen atoms in total. The van der Waals surface area contributed by atoms with E-state index in [1.54, 1.807) is 7.11 Å². The smallest absolute Gasteiger partial charge is 0.0652 e. The van der Waals surface area contributed by atoms with Gasteiger partial charge < -0.3 is 14.9 Å². The number of nitrogens with one attached hydrogen (secondary N) is 1. The first-order valence-electron chi connectivity index (χ1n) is 4.43. The molecule has 0 aromatic heterocycles. The van der Waals surface area contributed by atoms with Crippen LogP contribution >= 0.6 is 0 Å². The molecule has 0 aromatic rings. The summed E-state index contributed by atoms with van der Waals surface area (Å²) in [6.45, 7) is 2.75. The van der Waals surface area contributed by atoms with Crippen LogP contribution in [0, 0.1) is 5.41 Å². The molecule has 2 unspecified atom stereocenters. The zero-order valence-electron chi connectivity index (χ0n) is 7.80. The van der Waals surface area contributed by atoms with Crippen LogP contribution in [-0.4, -0.2) is 31.6 Å². The zero-order chi connectivity index (χ0) is 8.97. The molecule has 0 aromatic carbocycles. The summed E-state index contributed by atoms with van der Waals surface area (Å²) in [6, 6.07) is 0. The van der Waals surface area contributed by atoms with Gasteiger partial charge in [-0.05, 0) is 13.3 Å². The van der Waals surface area contributed by atoms with Crippen LogP contribution in [0.5, 0.6) is 0 Å². The van der Waals surface area contributed by atoms with Crippen LogP contribution in [0.1, 0.15) is 26.2 Å². The van der Waals surface area contributed by atoms with Crippen LogP contribution < -0.4 is 0 Å². The van der Waals surface area contributed by atoms with Crippen molar-refractivity contribution in [1.82, 2.24) is 0 Å². The summed E-state index contributed by atoms with van der Waals surface area (Å²) < 4.78 is 10.6. The first-order valence-corrected chi connectivity index (χ1v) is 4.43. The summed E-state index contributed by atoms with van der Waals surface area (Å²) in [6.07, 6.45) is 2.91. The van der Waals surface area contributed by atoms with Crippen molar-refractivity contribution in [1.29, 1.82) is 5.41 Å². The second kappa shape index (κ2) is 4.58. The summed E-state index contributed by atoms with van der Waals surface area (Å²) in [7, 11) is 1.69. The van der Waals surface area contributed by atoms with Crippen LogP contribution in [-0.2, 0) is 9.47 Å². The number of methoxy groups -OCH3 is 1. The van der Waals surface area contributed by atoms with Gasteiger partial charge in [-0.15, -0.1) is 0 Å². The van der Waals surface area contributed by atoms with Crippen molar-refractivity contribution < 1.29 is 9.47 Å². The van der Waals surface area contributed by atoms with E-state index < -0.39 is 0 Å². The maximum absolute atomic E-state index is 7.56. The average Bonchev–Trinajstić information content (AvgIpc) is 1.99. The van der Waals surface area contributed by atoms with Gasteiger partial charge in [0.1, 0.15) is 0 Å². The monoisotopic (exact) mass is 171 g/mol. The molecule has 0 amide bonds. The van der Waals surface area contributed by atoms with E-state index in [4.69, 9.17) is 14.9 Å². The maximum Gasteiger partial charge on any atom is 0.0652 e. The van der Waals surface area contributed by atoms with E-state index >= 15 is 0 Å². The lowest BCUT2D eigenvalue weighted by atomic mass is 10.0. The molecular formula is C9H17NO2. The topological polar surface area (TPSA) is 42.3 Å². The Morgan fingerprint density at radius 3 is 2.92 bits per heavy atom. The van der Waals surface area contributed by atoms with Crippen molar-refractivity contribution in [3.8, 4) is 0 Å². The Hall–Kier alpha value is -0.410. The quantitative estimate of drug-likeness (QED) is 0.701. The van der Waals surface area contributed by atoms with E-state index in [1.165, 1.54) is 0 Å². The van der Waals surface area contributed by atoms with E-state index in [-0.39, 0.29) is 12.2 Å². The Labute approximate surface area is 73.6 Å². The zero-order valence-corrected chi connectivity index (χ0v) is 7.80. The van der Waals surface area contributed by atoms with Gasteiger partial charge in [0.15, 0.2) is 0 Å². The Kier molecular flexibility index (Phi) is 3.69.